The summed E-state index contributed by atoms with van der Waals surface area (Å²) in [5, 5.41) is 0. The number of aldehydes is 1. The Balaban J connectivity index is 2.41. The topological polar surface area (TPSA) is 96.0 Å². The first-order chi connectivity index (χ1) is 13.2. The van der Waals surface area contributed by atoms with Crippen molar-refractivity contribution < 1.29 is 33.4 Å². The molecular formula is C21H26O7. The molecule has 1 aliphatic heterocycles. The van der Waals surface area contributed by atoms with Crippen LogP contribution in [0.5, 0.6) is 0 Å². The predicted octanol–water partition coefficient (Wildman–Crippen LogP) is 2.45. The normalized spacial score (nSPS) is 25.2. The summed E-state index contributed by atoms with van der Waals surface area (Å²) < 4.78 is 16.2. The van der Waals surface area contributed by atoms with E-state index in [9.17, 15) is 19.2 Å². The first-order valence-electron chi connectivity index (χ1n) is 9.30. The molecule has 0 bridgehead atoms. The van der Waals surface area contributed by atoms with Crippen LogP contribution >= 0.6 is 0 Å². The molecule has 3 atom stereocenters. The average Bonchev–Trinajstić information content (AvgIpc) is 2.91. The van der Waals surface area contributed by atoms with Gasteiger partial charge in [0.05, 0.1) is 11.8 Å². The highest BCUT2D eigenvalue weighted by atomic mass is 16.6. The number of ether oxygens (including phenoxy) is 3. The Morgan fingerprint density at radius 3 is 2.71 bits per heavy atom. The van der Waals surface area contributed by atoms with Crippen LogP contribution in [-0.2, 0) is 33.4 Å². The number of allylic oxidation sites excluding steroid dienone is 1. The molecular weight excluding hydrogens is 364 g/mol. The summed E-state index contributed by atoms with van der Waals surface area (Å²) in [6.07, 6.45) is 4.01. The van der Waals surface area contributed by atoms with Gasteiger partial charge in [-0.15, -0.1) is 0 Å². The smallest absolute Gasteiger partial charge is 0.334 e. The SMILES string of the molecule is C=C1C(=O)OC2C=C(COC(C)=O)CCC=C(C=O)CC(OC(=O)C(C)C)C12. The van der Waals surface area contributed by atoms with Gasteiger partial charge in [0, 0.05) is 18.9 Å². The van der Waals surface area contributed by atoms with E-state index in [1.54, 1.807) is 26.0 Å². The summed E-state index contributed by atoms with van der Waals surface area (Å²) in [6.45, 7) is 8.60. The number of hydrogen-bond acceptors (Lipinski definition) is 7. The monoisotopic (exact) mass is 390 g/mol. The Labute approximate surface area is 164 Å². The summed E-state index contributed by atoms with van der Waals surface area (Å²) in [6, 6.07) is 0. The molecule has 3 unspecified atom stereocenters. The molecule has 1 fully saturated rings. The third-order valence-corrected chi connectivity index (χ3v) is 4.72. The van der Waals surface area contributed by atoms with Crippen molar-refractivity contribution >= 4 is 24.2 Å². The van der Waals surface area contributed by atoms with Gasteiger partial charge in [0.1, 0.15) is 25.1 Å². The van der Waals surface area contributed by atoms with Crippen LogP contribution in [0.15, 0.2) is 35.5 Å². The number of rotatable bonds is 5. The van der Waals surface area contributed by atoms with E-state index in [1.165, 1.54) is 6.92 Å². The van der Waals surface area contributed by atoms with Gasteiger partial charge >= 0.3 is 17.9 Å². The molecule has 1 heterocycles. The molecule has 0 spiro atoms. The first kappa shape index (κ1) is 21.6. The van der Waals surface area contributed by atoms with Crippen molar-refractivity contribution in [2.45, 2.75) is 52.2 Å². The molecule has 1 saturated heterocycles. The Bertz CT molecular complexity index is 729. The number of esters is 3. The molecule has 0 N–H and O–H groups in total. The van der Waals surface area contributed by atoms with Gasteiger partial charge in [-0.2, -0.15) is 0 Å². The maximum atomic E-state index is 12.2. The van der Waals surface area contributed by atoms with Gasteiger partial charge in [0.25, 0.3) is 0 Å². The number of carbonyl (C=O) groups excluding carboxylic acids is 4. The fourth-order valence-electron chi connectivity index (χ4n) is 3.19. The van der Waals surface area contributed by atoms with E-state index >= 15 is 0 Å². The average molecular weight is 390 g/mol. The third-order valence-electron chi connectivity index (χ3n) is 4.72. The van der Waals surface area contributed by atoms with E-state index in [0.717, 1.165) is 11.9 Å². The lowest BCUT2D eigenvalue weighted by Gasteiger charge is -2.27. The van der Waals surface area contributed by atoms with Crippen molar-refractivity contribution in [1.29, 1.82) is 0 Å². The van der Waals surface area contributed by atoms with E-state index in [-0.39, 0.29) is 24.5 Å². The molecule has 0 amide bonds. The fourth-order valence-corrected chi connectivity index (χ4v) is 3.19. The fraction of sp³-hybridized carbons (Fsp3) is 0.524. The molecule has 2 aliphatic rings. The Hall–Kier alpha value is -2.70. The Morgan fingerprint density at radius 1 is 1.39 bits per heavy atom. The summed E-state index contributed by atoms with van der Waals surface area (Å²) in [7, 11) is 0. The minimum atomic E-state index is -0.764. The molecule has 7 heteroatoms. The molecule has 28 heavy (non-hydrogen) atoms. The molecule has 0 aromatic rings. The molecule has 0 saturated carbocycles. The van der Waals surface area contributed by atoms with Crippen LogP contribution in [0, 0.1) is 11.8 Å². The van der Waals surface area contributed by atoms with Crippen LogP contribution in [0.4, 0.5) is 0 Å². The zero-order valence-corrected chi connectivity index (χ0v) is 16.4. The summed E-state index contributed by atoms with van der Waals surface area (Å²) >= 11 is 0. The molecule has 1 aliphatic carbocycles. The van der Waals surface area contributed by atoms with Crippen molar-refractivity contribution in [2.75, 3.05) is 6.61 Å². The van der Waals surface area contributed by atoms with Crippen molar-refractivity contribution in [3.8, 4) is 0 Å². The van der Waals surface area contributed by atoms with Crippen molar-refractivity contribution in [2.24, 2.45) is 11.8 Å². The first-order valence-corrected chi connectivity index (χ1v) is 9.30. The number of carbonyl (C=O) groups is 4. The largest absolute Gasteiger partial charge is 0.461 e. The lowest BCUT2D eigenvalue weighted by atomic mass is 9.85. The minimum absolute atomic E-state index is 0.0588. The number of fused-ring (bicyclic) bond motifs is 1. The molecule has 7 nitrogen and oxygen atoms in total. The minimum Gasteiger partial charge on any atom is -0.461 e. The lowest BCUT2D eigenvalue weighted by molar-refractivity contribution is -0.156. The van der Waals surface area contributed by atoms with E-state index in [2.05, 4.69) is 6.58 Å². The summed E-state index contributed by atoms with van der Waals surface area (Å²) in [5.41, 5.74) is 1.42. The van der Waals surface area contributed by atoms with Crippen LogP contribution in [0.25, 0.3) is 0 Å². The van der Waals surface area contributed by atoms with Gasteiger partial charge in [0.2, 0.25) is 0 Å². The lowest BCUT2D eigenvalue weighted by Crippen LogP contribution is -2.35. The standard InChI is InChI=1S/C21H26O7/c1-12(2)20(24)27-17-8-15(10-22)6-5-7-16(11-26-14(4)23)9-18-19(17)13(3)21(25)28-18/h6,9-10,12,17-19H,3,5,7-8,11H2,1-2,4H3. The highest BCUT2D eigenvalue weighted by molar-refractivity contribution is 5.91. The Kier molecular flexibility index (Phi) is 7.31. The molecule has 2 rings (SSSR count). The molecule has 0 radical (unpaired) electrons. The summed E-state index contributed by atoms with van der Waals surface area (Å²) in [4.78, 5) is 47.1. The number of hydrogen-bond donors (Lipinski definition) is 0. The van der Waals surface area contributed by atoms with E-state index < -0.39 is 36.0 Å². The van der Waals surface area contributed by atoms with Crippen molar-refractivity contribution in [1.82, 2.24) is 0 Å². The predicted molar refractivity (Wildman–Crippen MR) is 99.9 cm³/mol. The van der Waals surface area contributed by atoms with Crippen LogP contribution in [-0.4, -0.2) is 43.0 Å². The van der Waals surface area contributed by atoms with Crippen LogP contribution in [0.2, 0.25) is 0 Å². The van der Waals surface area contributed by atoms with E-state index in [0.29, 0.717) is 18.4 Å². The molecule has 152 valence electrons. The van der Waals surface area contributed by atoms with Crippen LogP contribution in [0.1, 0.15) is 40.0 Å². The Morgan fingerprint density at radius 2 is 2.11 bits per heavy atom. The van der Waals surface area contributed by atoms with Gasteiger partial charge in [-0.1, -0.05) is 26.5 Å². The quantitative estimate of drug-likeness (QED) is 0.234. The molecule has 0 aromatic carbocycles. The molecule has 0 aromatic heterocycles. The van der Waals surface area contributed by atoms with Crippen molar-refractivity contribution in [3.63, 3.8) is 0 Å². The second-order valence-electron chi connectivity index (χ2n) is 7.30. The zero-order chi connectivity index (χ0) is 20.8. The second kappa shape index (κ2) is 9.48. The van der Waals surface area contributed by atoms with Gasteiger partial charge in [-0.3, -0.25) is 14.4 Å². The van der Waals surface area contributed by atoms with Gasteiger partial charge < -0.3 is 14.2 Å². The second-order valence-corrected chi connectivity index (χ2v) is 7.30. The van der Waals surface area contributed by atoms with E-state index in [1.807, 2.05) is 0 Å². The zero-order valence-electron chi connectivity index (χ0n) is 16.4. The van der Waals surface area contributed by atoms with Crippen LogP contribution in [0.3, 0.4) is 0 Å². The third kappa shape index (κ3) is 5.41. The van der Waals surface area contributed by atoms with E-state index in [4.69, 9.17) is 14.2 Å². The maximum absolute atomic E-state index is 12.2. The van der Waals surface area contributed by atoms with Gasteiger partial charge in [-0.25, -0.2) is 4.79 Å². The van der Waals surface area contributed by atoms with Gasteiger partial charge in [0.15, 0.2) is 0 Å². The summed E-state index contributed by atoms with van der Waals surface area (Å²) in [5.74, 6) is -2.40. The van der Waals surface area contributed by atoms with Gasteiger partial charge in [-0.05, 0) is 30.1 Å². The highest BCUT2D eigenvalue weighted by Crippen LogP contribution is 2.36. The maximum Gasteiger partial charge on any atom is 0.334 e. The van der Waals surface area contributed by atoms with Crippen LogP contribution < -0.4 is 0 Å². The van der Waals surface area contributed by atoms with Crippen molar-refractivity contribution in [3.05, 3.63) is 35.5 Å². The highest BCUT2D eigenvalue weighted by Gasteiger charge is 2.44.